The maximum absolute atomic E-state index is 5.29. The first-order valence-corrected chi connectivity index (χ1v) is 7.90. The van der Waals surface area contributed by atoms with Crippen molar-refractivity contribution in [2.75, 3.05) is 33.9 Å². The molecule has 15 heavy (non-hydrogen) atoms. The van der Waals surface area contributed by atoms with Crippen LogP contribution in [-0.4, -0.2) is 48.0 Å². The lowest BCUT2D eigenvalue weighted by Gasteiger charge is -2.26. The lowest BCUT2D eigenvalue weighted by Crippen LogP contribution is -2.30. The predicted molar refractivity (Wildman–Crippen MR) is 65.5 cm³/mol. The second kappa shape index (κ2) is 8.27. The van der Waals surface area contributed by atoms with Gasteiger partial charge in [-0.05, 0) is 44.9 Å². The van der Waals surface area contributed by atoms with Gasteiger partial charge in [0.1, 0.15) is 0 Å². The summed E-state index contributed by atoms with van der Waals surface area (Å²) >= 11 is 0. The molecule has 0 atom stereocenters. The quantitative estimate of drug-likeness (QED) is 0.492. The third-order valence-corrected chi connectivity index (χ3v) is 5.07. The molecule has 4 heteroatoms. The minimum atomic E-state index is -1.28. The van der Waals surface area contributed by atoms with Crippen molar-refractivity contribution in [1.29, 1.82) is 0 Å². The molecule has 0 spiro atoms. The second-order valence-corrected chi connectivity index (χ2v) is 6.68. The summed E-state index contributed by atoms with van der Waals surface area (Å²) < 4.78 is 10.6. The van der Waals surface area contributed by atoms with Crippen molar-refractivity contribution >= 4 is 9.28 Å². The average molecular weight is 231 g/mol. The summed E-state index contributed by atoms with van der Waals surface area (Å²) in [6.45, 7) is 3.90. The maximum atomic E-state index is 5.29. The smallest absolute Gasteiger partial charge is 0.320 e. The molecule has 1 aliphatic heterocycles. The van der Waals surface area contributed by atoms with Crippen molar-refractivity contribution in [3.63, 3.8) is 0 Å². The summed E-state index contributed by atoms with van der Waals surface area (Å²) in [5.74, 6) is 0. The Hall–Kier alpha value is 0.0969. The molecule has 1 fully saturated rings. The average Bonchev–Trinajstić information content (AvgIpc) is 2.31. The van der Waals surface area contributed by atoms with Crippen molar-refractivity contribution in [3.8, 4) is 0 Å². The third-order valence-electron chi connectivity index (χ3n) is 3.14. The first kappa shape index (κ1) is 13.2. The number of unbranched alkanes of at least 4 members (excludes halogenated alkanes) is 1. The molecule has 1 heterocycles. The van der Waals surface area contributed by atoms with Gasteiger partial charge < -0.3 is 13.8 Å². The van der Waals surface area contributed by atoms with Crippen LogP contribution in [0.2, 0.25) is 6.04 Å². The van der Waals surface area contributed by atoms with Crippen molar-refractivity contribution in [2.24, 2.45) is 0 Å². The van der Waals surface area contributed by atoms with E-state index in [2.05, 4.69) is 4.90 Å². The normalized spacial score (nSPS) is 18.6. The van der Waals surface area contributed by atoms with Crippen LogP contribution in [0, 0.1) is 0 Å². The molecule has 0 aromatic heterocycles. The Morgan fingerprint density at radius 1 is 1.00 bits per heavy atom. The molecular formula is C11H25NO2Si. The van der Waals surface area contributed by atoms with Crippen LogP contribution in [0.3, 0.4) is 0 Å². The van der Waals surface area contributed by atoms with Crippen molar-refractivity contribution < 1.29 is 8.85 Å². The van der Waals surface area contributed by atoms with Crippen molar-refractivity contribution in [3.05, 3.63) is 0 Å². The molecule has 0 radical (unpaired) electrons. The van der Waals surface area contributed by atoms with E-state index in [1.54, 1.807) is 14.2 Å². The molecular weight excluding hydrogens is 206 g/mol. The Morgan fingerprint density at radius 3 is 2.27 bits per heavy atom. The topological polar surface area (TPSA) is 21.7 Å². The standard InChI is InChI=1S/C11H25NO2Si/c1-13-15(14-2)11-7-6-10-12-8-4-3-5-9-12/h15H,3-11H2,1-2H3. The lowest BCUT2D eigenvalue weighted by atomic mass is 10.1. The van der Waals surface area contributed by atoms with Crippen LogP contribution in [-0.2, 0) is 8.85 Å². The van der Waals surface area contributed by atoms with E-state index in [1.165, 1.54) is 51.7 Å². The number of nitrogens with zero attached hydrogens (tertiary/aromatic N) is 1. The summed E-state index contributed by atoms with van der Waals surface area (Å²) in [6.07, 6.45) is 6.78. The predicted octanol–water partition coefficient (Wildman–Crippen LogP) is 1.77. The highest BCUT2D eigenvalue weighted by molar-refractivity contribution is 6.44. The van der Waals surface area contributed by atoms with Crippen LogP contribution < -0.4 is 0 Å². The van der Waals surface area contributed by atoms with Crippen LogP contribution in [0.5, 0.6) is 0 Å². The monoisotopic (exact) mass is 231 g/mol. The zero-order valence-corrected chi connectivity index (χ0v) is 11.4. The largest absolute Gasteiger partial charge is 0.400 e. The molecule has 1 aliphatic rings. The number of hydrogen-bond acceptors (Lipinski definition) is 3. The number of rotatable bonds is 7. The Balaban J connectivity index is 1.95. The molecule has 3 nitrogen and oxygen atoms in total. The van der Waals surface area contributed by atoms with E-state index >= 15 is 0 Å². The molecule has 0 unspecified atom stereocenters. The SMILES string of the molecule is CO[SiH](CCCCN1CCCCC1)OC. The van der Waals surface area contributed by atoms with Gasteiger partial charge in [0.05, 0.1) is 0 Å². The van der Waals surface area contributed by atoms with Crippen LogP contribution in [0.15, 0.2) is 0 Å². The third kappa shape index (κ3) is 5.66. The van der Waals surface area contributed by atoms with Crippen LogP contribution in [0.4, 0.5) is 0 Å². The molecule has 0 aliphatic carbocycles. The second-order valence-electron chi connectivity index (χ2n) is 4.30. The van der Waals surface area contributed by atoms with Gasteiger partial charge in [-0.25, -0.2) is 0 Å². The summed E-state index contributed by atoms with van der Waals surface area (Å²) in [7, 11) is 2.25. The van der Waals surface area contributed by atoms with Gasteiger partial charge in [0.15, 0.2) is 0 Å². The highest BCUT2D eigenvalue weighted by atomic mass is 28.3. The summed E-state index contributed by atoms with van der Waals surface area (Å²) in [6, 6.07) is 1.15. The fourth-order valence-electron chi connectivity index (χ4n) is 2.16. The summed E-state index contributed by atoms with van der Waals surface area (Å²) in [5, 5.41) is 0. The molecule has 0 aromatic rings. The fraction of sp³-hybridized carbons (Fsp3) is 1.00. The van der Waals surface area contributed by atoms with Crippen LogP contribution >= 0.6 is 0 Å². The first-order valence-electron chi connectivity index (χ1n) is 6.14. The molecule has 0 N–H and O–H groups in total. The zero-order chi connectivity index (χ0) is 10.9. The van der Waals surface area contributed by atoms with Gasteiger partial charge in [0.25, 0.3) is 0 Å². The molecule has 0 saturated carbocycles. The Kier molecular flexibility index (Phi) is 7.26. The number of likely N-dealkylation sites (tertiary alicyclic amines) is 1. The van der Waals surface area contributed by atoms with E-state index in [9.17, 15) is 0 Å². The minimum Gasteiger partial charge on any atom is -0.400 e. The Bertz CT molecular complexity index is 148. The minimum absolute atomic E-state index is 1.15. The van der Waals surface area contributed by atoms with Gasteiger partial charge >= 0.3 is 9.28 Å². The molecule has 0 bridgehead atoms. The molecule has 0 aromatic carbocycles. The molecule has 1 rings (SSSR count). The highest BCUT2D eigenvalue weighted by Crippen LogP contribution is 2.10. The molecule has 90 valence electrons. The van der Waals surface area contributed by atoms with Gasteiger partial charge in [-0.15, -0.1) is 0 Å². The van der Waals surface area contributed by atoms with E-state index in [0.717, 1.165) is 6.04 Å². The zero-order valence-electron chi connectivity index (χ0n) is 10.2. The van der Waals surface area contributed by atoms with Gasteiger partial charge in [-0.3, -0.25) is 0 Å². The van der Waals surface area contributed by atoms with Gasteiger partial charge in [0, 0.05) is 14.2 Å². The fourth-order valence-corrected chi connectivity index (χ4v) is 3.45. The lowest BCUT2D eigenvalue weighted by molar-refractivity contribution is 0.224. The van der Waals surface area contributed by atoms with E-state index in [1.807, 2.05) is 0 Å². The van der Waals surface area contributed by atoms with Crippen molar-refractivity contribution in [1.82, 2.24) is 4.90 Å². The Labute approximate surface area is 95.6 Å². The van der Waals surface area contributed by atoms with E-state index in [-0.39, 0.29) is 0 Å². The van der Waals surface area contributed by atoms with Crippen LogP contribution in [0.25, 0.3) is 0 Å². The molecule has 0 amide bonds. The van der Waals surface area contributed by atoms with E-state index < -0.39 is 9.28 Å². The van der Waals surface area contributed by atoms with E-state index in [0.29, 0.717) is 0 Å². The summed E-state index contributed by atoms with van der Waals surface area (Å²) in [5.41, 5.74) is 0. The molecule has 1 saturated heterocycles. The summed E-state index contributed by atoms with van der Waals surface area (Å²) in [4.78, 5) is 2.60. The highest BCUT2D eigenvalue weighted by Gasteiger charge is 2.11. The maximum Gasteiger partial charge on any atom is 0.320 e. The van der Waals surface area contributed by atoms with Crippen molar-refractivity contribution in [2.45, 2.75) is 38.1 Å². The van der Waals surface area contributed by atoms with Gasteiger partial charge in [0.2, 0.25) is 0 Å². The first-order chi connectivity index (χ1) is 7.36. The van der Waals surface area contributed by atoms with Gasteiger partial charge in [-0.2, -0.15) is 0 Å². The van der Waals surface area contributed by atoms with Gasteiger partial charge in [-0.1, -0.05) is 12.8 Å². The van der Waals surface area contributed by atoms with Crippen LogP contribution in [0.1, 0.15) is 32.1 Å². The number of hydrogen-bond donors (Lipinski definition) is 0. The van der Waals surface area contributed by atoms with E-state index in [4.69, 9.17) is 8.85 Å². The number of piperidine rings is 1. The Morgan fingerprint density at radius 2 is 1.67 bits per heavy atom.